The van der Waals surface area contributed by atoms with Crippen molar-refractivity contribution in [3.8, 4) is 11.5 Å². The molecule has 0 unspecified atom stereocenters. The minimum atomic E-state index is -3.28. The van der Waals surface area contributed by atoms with Crippen molar-refractivity contribution >= 4 is 15.9 Å². The van der Waals surface area contributed by atoms with Gasteiger partial charge in [-0.2, -0.15) is 4.31 Å². The molecule has 2 aromatic rings. The lowest BCUT2D eigenvalue weighted by molar-refractivity contribution is 0.0645. The summed E-state index contributed by atoms with van der Waals surface area (Å²) in [5, 5.41) is 0. The van der Waals surface area contributed by atoms with Gasteiger partial charge in [0.05, 0.1) is 26.0 Å². The number of nitrogens with zero attached hydrogens (tertiary/aromatic N) is 2. The maximum absolute atomic E-state index is 13.3. The maximum atomic E-state index is 13.3. The molecule has 0 N–H and O–H groups in total. The van der Waals surface area contributed by atoms with Crippen molar-refractivity contribution in [2.45, 2.75) is 44.9 Å². The van der Waals surface area contributed by atoms with E-state index in [1.54, 1.807) is 40.6 Å². The van der Waals surface area contributed by atoms with Gasteiger partial charge in [-0.05, 0) is 55.7 Å². The lowest BCUT2D eigenvalue weighted by Gasteiger charge is -2.26. The Morgan fingerprint density at radius 1 is 1.23 bits per heavy atom. The number of amides is 1. The molecule has 7 nitrogen and oxygen atoms in total. The van der Waals surface area contributed by atoms with Gasteiger partial charge in [0.2, 0.25) is 10.0 Å². The standard InChI is InChI=1S/C23H28N2O5S/c1-16-15-30-22-10-7-17(13-25(20-8-9-20)31(3,27)28)11-19(22)14-24(16)23(26)18-5-4-6-21(12-18)29-2/h4-7,10-12,16,20H,8-9,13-15H2,1-3H3/t16-/m0/s1. The van der Waals surface area contributed by atoms with Gasteiger partial charge < -0.3 is 14.4 Å². The molecule has 31 heavy (non-hydrogen) atoms. The van der Waals surface area contributed by atoms with Crippen LogP contribution in [0.5, 0.6) is 11.5 Å². The summed E-state index contributed by atoms with van der Waals surface area (Å²) < 4.78 is 37.2. The second kappa shape index (κ2) is 8.51. The molecule has 1 aliphatic carbocycles. The van der Waals surface area contributed by atoms with Crippen LogP contribution in [0.3, 0.4) is 0 Å². The highest BCUT2D eigenvalue weighted by atomic mass is 32.2. The number of ether oxygens (including phenoxy) is 2. The minimum absolute atomic E-state index is 0.0935. The Hall–Kier alpha value is -2.58. The largest absolute Gasteiger partial charge is 0.497 e. The number of fused-ring (bicyclic) bond motifs is 1. The van der Waals surface area contributed by atoms with Crippen molar-refractivity contribution < 1.29 is 22.7 Å². The summed E-state index contributed by atoms with van der Waals surface area (Å²) in [6.07, 6.45) is 3.07. The first kappa shape index (κ1) is 21.6. The average molecular weight is 445 g/mol. The summed E-state index contributed by atoms with van der Waals surface area (Å²) in [6.45, 7) is 3.07. The molecule has 1 atom stereocenters. The fourth-order valence-corrected chi connectivity index (χ4v) is 5.02. The number of sulfonamides is 1. The van der Waals surface area contributed by atoms with Gasteiger partial charge in [0.1, 0.15) is 18.1 Å². The Bertz CT molecular complexity index is 1080. The van der Waals surface area contributed by atoms with E-state index in [4.69, 9.17) is 9.47 Å². The fourth-order valence-electron chi connectivity index (χ4n) is 3.89. The SMILES string of the molecule is COc1cccc(C(=O)N2Cc3cc(CN(C4CC4)S(C)(=O)=O)ccc3OC[C@@H]2C)c1. The van der Waals surface area contributed by atoms with Crippen LogP contribution in [-0.2, 0) is 23.1 Å². The lowest BCUT2D eigenvalue weighted by Crippen LogP contribution is -2.39. The van der Waals surface area contributed by atoms with Crippen LogP contribution in [0.4, 0.5) is 0 Å². The molecule has 4 rings (SSSR count). The Morgan fingerprint density at radius 3 is 2.68 bits per heavy atom. The third-order valence-corrected chi connectivity index (χ3v) is 7.05. The number of rotatable bonds is 6. The van der Waals surface area contributed by atoms with Crippen LogP contribution in [0.2, 0.25) is 0 Å². The monoisotopic (exact) mass is 444 g/mol. The predicted octanol–water partition coefficient (Wildman–Crippen LogP) is 3.04. The highest BCUT2D eigenvalue weighted by molar-refractivity contribution is 7.88. The van der Waals surface area contributed by atoms with Crippen molar-refractivity contribution in [1.29, 1.82) is 0 Å². The topological polar surface area (TPSA) is 76.2 Å². The maximum Gasteiger partial charge on any atom is 0.254 e. The van der Waals surface area contributed by atoms with E-state index in [1.165, 1.54) is 6.26 Å². The zero-order valence-corrected chi connectivity index (χ0v) is 18.9. The number of hydrogen-bond donors (Lipinski definition) is 0. The summed E-state index contributed by atoms with van der Waals surface area (Å²) >= 11 is 0. The Balaban J connectivity index is 1.59. The van der Waals surface area contributed by atoms with E-state index >= 15 is 0 Å². The van der Waals surface area contributed by atoms with E-state index < -0.39 is 10.0 Å². The molecule has 0 bridgehead atoms. The van der Waals surface area contributed by atoms with Crippen molar-refractivity contribution in [1.82, 2.24) is 9.21 Å². The van der Waals surface area contributed by atoms with E-state index in [9.17, 15) is 13.2 Å². The van der Waals surface area contributed by atoms with Crippen molar-refractivity contribution in [2.75, 3.05) is 20.0 Å². The molecule has 1 saturated carbocycles. The number of carbonyl (C=O) groups is 1. The van der Waals surface area contributed by atoms with E-state index in [-0.39, 0.29) is 18.0 Å². The molecule has 0 spiro atoms. The van der Waals surface area contributed by atoms with Crippen molar-refractivity contribution in [3.05, 3.63) is 59.2 Å². The molecule has 0 aromatic heterocycles. The molecule has 0 saturated heterocycles. The highest BCUT2D eigenvalue weighted by Crippen LogP contribution is 2.32. The summed E-state index contributed by atoms with van der Waals surface area (Å²) in [5.41, 5.74) is 2.33. The predicted molar refractivity (Wildman–Crippen MR) is 118 cm³/mol. The van der Waals surface area contributed by atoms with E-state index in [2.05, 4.69) is 0 Å². The molecular formula is C23H28N2O5S. The molecule has 1 amide bonds. The van der Waals surface area contributed by atoms with Crippen LogP contribution in [-0.4, -0.2) is 55.6 Å². The second-order valence-corrected chi connectivity index (χ2v) is 10.2. The molecule has 0 radical (unpaired) electrons. The van der Waals surface area contributed by atoms with E-state index in [0.29, 0.717) is 31.0 Å². The average Bonchev–Trinajstić information content (AvgIpc) is 3.59. The summed E-state index contributed by atoms with van der Waals surface area (Å²) in [4.78, 5) is 15.1. The normalized spacial score (nSPS) is 18.8. The third-order valence-electron chi connectivity index (χ3n) is 5.77. The van der Waals surface area contributed by atoms with Crippen LogP contribution in [0, 0.1) is 0 Å². The van der Waals surface area contributed by atoms with E-state index in [1.807, 2.05) is 25.1 Å². The van der Waals surface area contributed by atoms with Gasteiger partial charge in [0, 0.05) is 23.7 Å². The Labute approximate surface area is 183 Å². The quantitative estimate of drug-likeness (QED) is 0.685. The van der Waals surface area contributed by atoms with Gasteiger partial charge in [-0.15, -0.1) is 0 Å². The molecule has 1 aliphatic heterocycles. The summed E-state index contributed by atoms with van der Waals surface area (Å²) in [5.74, 6) is 1.27. The van der Waals surface area contributed by atoms with E-state index in [0.717, 1.165) is 29.7 Å². The Morgan fingerprint density at radius 2 is 2.00 bits per heavy atom. The fraction of sp³-hybridized carbons (Fsp3) is 0.435. The number of carbonyl (C=O) groups excluding carboxylic acids is 1. The first-order chi connectivity index (χ1) is 14.8. The smallest absolute Gasteiger partial charge is 0.254 e. The zero-order valence-electron chi connectivity index (χ0n) is 18.1. The van der Waals surface area contributed by atoms with Gasteiger partial charge in [0.15, 0.2) is 0 Å². The highest BCUT2D eigenvalue weighted by Gasteiger charge is 2.35. The summed E-state index contributed by atoms with van der Waals surface area (Å²) in [7, 11) is -1.70. The van der Waals surface area contributed by atoms with Crippen LogP contribution in [0.15, 0.2) is 42.5 Å². The first-order valence-electron chi connectivity index (χ1n) is 10.4. The summed E-state index contributed by atoms with van der Waals surface area (Å²) in [6, 6.07) is 12.8. The number of benzene rings is 2. The van der Waals surface area contributed by atoms with Gasteiger partial charge in [0.25, 0.3) is 5.91 Å². The zero-order chi connectivity index (χ0) is 22.2. The Kier molecular flexibility index (Phi) is 5.94. The molecular weight excluding hydrogens is 416 g/mol. The molecule has 1 heterocycles. The van der Waals surface area contributed by atoms with Gasteiger partial charge in [-0.3, -0.25) is 4.79 Å². The number of methoxy groups -OCH3 is 1. The van der Waals surface area contributed by atoms with Gasteiger partial charge in [-0.25, -0.2) is 8.42 Å². The van der Waals surface area contributed by atoms with Crippen LogP contribution in [0.25, 0.3) is 0 Å². The van der Waals surface area contributed by atoms with Crippen LogP contribution in [0.1, 0.15) is 41.3 Å². The lowest BCUT2D eigenvalue weighted by atomic mass is 10.1. The number of hydrogen-bond acceptors (Lipinski definition) is 5. The van der Waals surface area contributed by atoms with Crippen molar-refractivity contribution in [3.63, 3.8) is 0 Å². The van der Waals surface area contributed by atoms with Gasteiger partial charge >= 0.3 is 0 Å². The molecule has 1 fully saturated rings. The van der Waals surface area contributed by atoms with Crippen molar-refractivity contribution in [2.24, 2.45) is 0 Å². The molecule has 2 aliphatic rings. The molecule has 8 heteroatoms. The minimum Gasteiger partial charge on any atom is -0.497 e. The second-order valence-electron chi connectivity index (χ2n) is 8.31. The molecule has 2 aromatic carbocycles. The first-order valence-corrected chi connectivity index (χ1v) is 12.3. The third kappa shape index (κ3) is 4.85. The van der Waals surface area contributed by atoms with Crippen LogP contribution >= 0.6 is 0 Å². The molecule has 166 valence electrons. The van der Waals surface area contributed by atoms with Crippen LogP contribution < -0.4 is 9.47 Å². The van der Waals surface area contributed by atoms with Gasteiger partial charge in [-0.1, -0.05) is 12.1 Å².